The molecule has 0 bridgehead atoms. The average molecular weight is 305 g/mol. The maximum atomic E-state index is 10.2. The SMILES string of the molecule is COC(=O)CBr.COc1ccc(C=O)c(O)c1. The van der Waals surface area contributed by atoms with Crippen molar-refractivity contribution in [2.24, 2.45) is 0 Å². The van der Waals surface area contributed by atoms with Gasteiger partial charge in [-0.25, -0.2) is 0 Å². The van der Waals surface area contributed by atoms with Crippen molar-refractivity contribution in [2.75, 3.05) is 19.5 Å². The number of rotatable bonds is 3. The van der Waals surface area contributed by atoms with Crippen LogP contribution in [0.15, 0.2) is 18.2 Å². The Morgan fingerprint density at radius 2 is 2.12 bits per heavy atom. The van der Waals surface area contributed by atoms with Crippen LogP contribution in [-0.2, 0) is 9.53 Å². The molecule has 0 fully saturated rings. The monoisotopic (exact) mass is 304 g/mol. The quantitative estimate of drug-likeness (QED) is 0.523. The summed E-state index contributed by atoms with van der Waals surface area (Å²) >= 11 is 2.90. The first-order valence-electron chi connectivity index (χ1n) is 4.54. The molecule has 0 unspecified atom stereocenters. The number of methoxy groups -OCH3 is 2. The normalized spacial score (nSPS) is 8.65. The molecular formula is C11H13BrO5. The fraction of sp³-hybridized carbons (Fsp3) is 0.273. The number of esters is 1. The van der Waals surface area contributed by atoms with E-state index in [1.165, 1.54) is 26.4 Å². The average Bonchev–Trinajstić information content (AvgIpc) is 2.38. The van der Waals surface area contributed by atoms with Crippen molar-refractivity contribution in [3.05, 3.63) is 23.8 Å². The molecule has 0 aliphatic heterocycles. The lowest BCUT2D eigenvalue weighted by molar-refractivity contribution is -0.137. The third-order valence-corrected chi connectivity index (χ3v) is 2.16. The number of halogens is 1. The molecule has 6 heteroatoms. The van der Waals surface area contributed by atoms with Gasteiger partial charge in [-0.2, -0.15) is 0 Å². The van der Waals surface area contributed by atoms with E-state index in [0.717, 1.165) is 0 Å². The zero-order valence-corrected chi connectivity index (χ0v) is 11.1. The van der Waals surface area contributed by atoms with Crippen molar-refractivity contribution < 1.29 is 24.2 Å². The molecule has 0 radical (unpaired) electrons. The fourth-order valence-corrected chi connectivity index (χ4v) is 1.03. The van der Waals surface area contributed by atoms with Crippen LogP contribution in [0.25, 0.3) is 0 Å². The molecule has 1 aromatic rings. The van der Waals surface area contributed by atoms with Crippen LogP contribution in [0.3, 0.4) is 0 Å². The summed E-state index contributed by atoms with van der Waals surface area (Å²) in [5.74, 6) is 0.238. The number of alkyl halides is 1. The minimum absolute atomic E-state index is 0.0562. The standard InChI is InChI=1S/C8H8O3.C3H5BrO2/c1-11-7-3-2-6(5-9)8(10)4-7;1-6-3(5)2-4/h2-5,10H,1H3;2H2,1H3. The Bertz CT molecular complexity index is 372. The van der Waals surface area contributed by atoms with Crippen molar-refractivity contribution in [1.29, 1.82) is 0 Å². The van der Waals surface area contributed by atoms with Crippen LogP contribution in [0.1, 0.15) is 10.4 Å². The van der Waals surface area contributed by atoms with Crippen LogP contribution in [0.5, 0.6) is 11.5 Å². The number of ether oxygens (including phenoxy) is 2. The Morgan fingerprint density at radius 3 is 2.41 bits per heavy atom. The highest BCUT2D eigenvalue weighted by Gasteiger charge is 1.99. The summed E-state index contributed by atoms with van der Waals surface area (Å²) in [6.45, 7) is 0. The van der Waals surface area contributed by atoms with Gasteiger partial charge in [0.2, 0.25) is 0 Å². The topological polar surface area (TPSA) is 72.8 Å². The number of hydrogen-bond acceptors (Lipinski definition) is 5. The highest BCUT2D eigenvalue weighted by molar-refractivity contribution is 9.09. The first-order chi connectivity index (χ1) is 8.08. The second-order valence-corrected chi connectivity index (χ2v) is 3.31. The van der Waals surface area contributed by atoms with Crippen molar-refractivity contribution in [3.63, 3.8) is 0 Å². The van der Waals surface area contributed by atoms with E-state index in [-0.39, 0.29) is 22.6 Å². The zero-order chi connectivity index (χ0) is 13.3. The third-order valence-electron chi connectivity index (χ3n) is 1.70. The van der Waals surface area contributed by atoms with Crippen molar-refractivity contribution in [1.82, 2.24) is 0 Å². The highest BCUT2D eigenvalue weighted by Crippen LogP contribution is 2.21. The Labute approximate surface area is 107 Å². The van der Waals surface area contributed by atoms with E-state index in [1.54, 1.807) is 6.07 Å². The van der Waals surface area contributed by atoms with E-state index in [4.69, 9.17) is 9.84 Å². The van der Waals surface area contributed by atoms with Crippen LogP contribution < -0.4 is 4.74 Å². The van der Waals surface area contributed by atoms with Crippen LogP contribution >= 0.6 is 15.9 Å². The summed E-state index contributed by atoms with van der Waals surface area (Å²) in [5.41, 5.74) is 0.269. The number of aromatic hydroxyl groups is 1. The fourth-order valence-electron chi connectivity index (χ4n) is 0.805. The van der Waals surface area contributed by atoms with Gasteiger partial charge in [-0.05, 0) is 12.1 Å². The second kappa shape index (κ2) is 8.58. The van der Waals surface area contributed by atoms with Gasteiger partial charge >= 0.3 is 5.97 Å². The molecule has 1 N–H and O–H groups in total. The number of benzene rings is 1. The summed E-state index contributed by atoms with van der Waals surface area (Å²) in [5, 5.41) is 9.39. The molecule has 17 heavy (non-hydrogen) atoms. The van der Waals surface area contributed by atoms with Gasteiger partial charge in [0, 0.05) is 6.07 Å². The molecule has 0 aliphatic carbocycles. The lowest BCUT2D eigenvalue weighted by Crippen LogP contribution is -1.99. The Kier molecular flexibility index (Phi) is 7.79. The summed E-state index contributed by atoms with van der Waals surface area (Å²) in [4.78, 5) is 20.1. The number of carbonyl (C=O) groups is 2. The van der Waals surface area contributed by atoms with Gasteiger partial charge in [0.25, 0.3) is 0 Å². The van der Waals surface area contributed by atoms with Gasteiger partial charge in [0.15, 0.2) is 6.29 Å². The van der Waals surface area contributed by atoms with E-state index in [2.05, 4.69) is 20.7 Å². The van der Waals surface area contributed by atoms with Gasteiger partial charge in [0.05, 0.1) is 19.8 Å². The van der Waals surface area contributed by atoms with E-state index >= 15 is 0 Å². The summed E-state index contributed by atoms with van der Waals surface area (Å²) < 4.78 is 9.03. The van der Waals surface area contributed by atoms with E-state index in [0.29, 0.717) is 12.0 Å². The van der Waals surface area contributed by atoms with Crippen molar-refractivity contribution >= 4 is 28.2 Å². The number of aldehydes is 1. The van der Waals surface area contributed by atoms with Gasteiger partial charge < -0.3 is 14.6 Å². The summed E-state index contributed by atoms with van der Waals surface area (Å²) in [6.07, 6.45) is 0.592. The predicted octanol–water partition coefficient (Wildman–Crippen LogP) is 1.77. The third kappa shape index (κ3) is 5.91. The first kappa shape index (κ1) is 15.4. The van der Waals surface area contributed by atoms with Crippen LogP contribution in [0.4, 0.5) is 0 Å². The number of phenolic OH excluding ortho intramolecular Hbond substituents is 1. The van der Waals surface area contributed by atoms with Gasteiger partial charge in [-0.3, -0.25) is 9.59 Å². The van der Waals surface area contributed by atoms with Crippen LogP contribution in [-0.4, -0.2) is 36.9 Å². The lowest BCUT2D eigenvalue weighted by atomic mass is 10.2. The molecule has 0 aliphatic rings. The molecular weight excluding hydrogens is 292 g/mol. The van der Waals surface area contributed by atoms with E-state index in [1.807, 2.05) is 0 Å². The predicted molar refractivity (Wildman–Crippen MR) is 65.9 cm³/mol. The maximum Gasteiger partial charge on any atom is 0.316 e. The first-order valence-corrected chi connectivity index (χ1v) is 5.66. The molecule has 1 rings (SSSR count). The van der Waals surface area contributed by atoms with Gasteiger partial charge in [-0.1, -0.05) is 15.9 Å². The number of phenols is 1. The molecule has 0 atom stereocenters. The van der Waals surface area contributed by atoms with E-state index < -0.39 is 0 Å². The Hall–Kier alpha value is -1.56. The van der Waals surface area contributed by atoms with Crippen molar-refractivity contribution in [3.8, 4) is 11.5 Å². The molecule has 1 aromatic carbocycles. The minimum atomic E-state index is -0.241. The van der Waals surface area contributed by atoms with Crippen molar-refractivity contribution in [2.45, 2.75) is 0 Å². The molecule has 0 heterocycles. The van der Waals surface area contributed by atoms with Gasteiger partial charge in [-0.15, -0.1) is 0 Å². The molecule has 94 valence electrons. The summed E-state index contributed by atoms with van der Waals surface area (Å²) in [7, 11) is 2.85. The molecule has 0 amide bonds. The number of hydrogen-bond donors (Lipinski definition) is 1. The molecule has 5 nitrogen and oxygen atoms in total. The molecule has 0 aromatic heterocycles. The van der Waals surface area contributed by atoms with Gasteiger partial charge in [0.1, 0.15) is 16.8 Å². The maximum absolute atomic E-state index is 10.2. The Balaban J connectivity index is 0.000000366. The molecule has 0 spiro atoms. The largest absolute Gasteiger partial charge is 0.507 e. The van der Waals surface area contributed by atoms with Crippen LogP contribution in [0, 0.1) is 0 Å². The highest BCUT2D eigenvalue weighted by atomic mass is 79.9. The second-order valence-electron chi connectivity index (χ2n) is 2.75. The van der Waals surface area contributed by atoms with E-state index in [9.17, 15) is 9.59 Å². The van der Waals surface area contributed by atoms with Crippen LogP contribution in [0.2, 0.25) is 0 Å². The summed E-state index contributed by atoms with van der Waals surface area (Å²) in [6, 6.07) is 4.51. The smallest absolute Gasteiger partial charge is 0.316 e. The molecule has 0 saturated carbocycles. The Morgan fingerprint density at radius 1 is 1.47 bits per heavy atom. The molecule has 0 saturated heterocycles. The number of carbonyl (C=O) groups excluding carboxylic acids is 2. The lowest BCUT2D eigenvalue weighted by Gasteiger charge is -2.00. The minimum Gasteiger partial charge on any atom is -0.507 e. The zero-order valence-electron chi connectivity index (χ0n) is 9.47.